The molecular formula is C13H20N4O3. The number of oxime groups is 1. The van der Waals surface area contributed by atoms with E-state index >= 15 is 0 Å². The summed E-state index contributed by atoms with van der Waals surface area (Å²) in [5.41, 5.74) is 6.21. The highest BCUT2D eigenvalue weighted by Gasteiger charge is 2.20. The average Bonchev–Trinajstić information content (AvgIpc) is 2.47. The minimum atomic E-state index is -0.178. The maximum Gasteiger partial charge on any atom is 0.272 e. The summed E-state index contributed by atoms with van der Waals surface area (Å²) >= 11 is 0. The molecule has 20 heavy (non-hydrogen) atoms. The third-order valence-electron chi connectivity index (χ3n) is 2.93. The number of nitrogens with zero attached hydrogens (tertiary/aromatic N) is 3. The Balaban J connectivity index is 2.90. The van der Waals surface area contributed by atoms with Gasteiger partial charge < -0.3 is 20.6 Å². The number of carbonyl (C=O) groups is 1. The van der Waals surface area contributed by atoms with Crippen LogP contribution in [0.4, 0.5) is 0 Å². The molecule has 110 valence electrons. The Morgan fingerprint density at radius 3 is 2.75 bits per heavy atom. The molecule has 0 fully saturated rings. The number of aromatic nitrogens is 1. The Labute approximate surface area is 118 Å². The highest BCUT2D eigenvalue weighted by molar-refractivity contribution is 5.98. The molecule has 0 aromatic carbocycles. The number of amides is 1. The van der Waals surface area contributed by atoms with E-state index in [1.807, 2.05) is 13.8 Å². The van der Waals surface area contributed by atoms with Crippen LogP contribution in [-0.2, 0) is 4.74 Å². The molecule has 0 aliphatic carbocycles. The average molecular weight is 280 g/mol. The van der Waals surface area contributed by atoms with Gasteiger partial charge in [-0.15, -0.1) is 0 Å². The highest BCUT2D eigenvalue weighted by atomic mass is 16.5. The van der Waals surface area contributed by atoms with Gasteiger partial charge in [-0.2, -0.15) is 0 Å². The van der Waals surface area contributed by atoms with Crippen molar-refractivity contribution in [2.45, 2.75) is 19.9 Å². The molecule has 1 atom stereocenters. The number of pyridine rings is 1. The Kier molecular flexibility index (Phi) is 5.92. The summed E-state index contributed by atoms with van der Waals surface area (Å²) in [5.74, 6) is -0.222. The zero-order valence-electron chi connectivity index (χ0n) is 11.9. The van der Waals surface area contributed by atoms with Gasteiger partial charge in [0.05, 0.1) is 12.6 Å². The van der Waals surface area contributed by atoms with Crippen LogP contribution >= 0.6 is 0 Å². The van der Waals surface area contributed by atoms with E-state index in [1.165, 1.54) is 6.20 Å². The van der Waals surface area contributed by atoms with Gasteiger partial charge in [-0.1, -0.05) is 5.16 Å². The molecule has 1 aromatic rings. The number of ether oxygens (including phenoxy) is 1. The third-order valence-corrected chi connectivity index (χ3v) is 2.93. The predicted octanol–water partition coefficient (Wildman–Crippen LogP) is 0.673. The van der Waals surface area contributed by atoms with Crippen molar-refractivity contribution < 1.29 is 14.7 Å². The van der Waals surface area contributed by atoms with Crippen molar-refractivity contribution in [3.05, 3.63) is 29.6 Å². The van der Waals surface area contributed by atoms with Gasteiger partial charge >= 0.3 is 0 Å². The van der Waals surface area contributed by atoms with Crippen molar-refractivity contribution in [3.8, 4) is 0 Å². The lowest BCUT2D eigenvalue weighted by atomic mass is 10.2. The Bertz CT molecular complexity index is 473. The van der Waals surface area contributed by atoms with Crippen LogP contribution < -0.4 is 5.73 Å². The number of hydrogen-bond donors (Lipinski definition) is 2. The standard InChI is InChI=1S/C13H20N4O3/c1-4-17(9(2)8-20-3)13(18)11-6-5-10(7-15-11)12(14)16-19/h5-7,9,19H,4,8H2,1-3H3,(H2,14,16). The van der Waals surface area contributed by atoms with Gasteiger partial charge in [0, 0.05) is 25.4 Å². The molecule has 0 aliphatic heterocycles. The maximum absolute atomic E-state index is 12.3. The first-order valence-corrected chi connectivity index (χ1v) is 6.29. The summed E-state index contributed by atoms with van der Waals surface area (Å²) in [6, 6.07) is 3.10. The molecule has 0 spiro atoms. The lowest BCUT2D eigenvalue weighted by molar-refractivity contribution is 0.0573. The maximum atomic E-state index is 12.3. The van der Waals surface area contributed by atoms with Crippen molar-refractivity contribution in [1.82, 2.24) is 9.88 Å². The molecule has 0 bridgehead atoms. The van der Waals surface area contributed by atoms with Crippen LogP contribution in [0.25, 0.3) is 0 Å². The summed E-state index contributed by atoms with van der Waals surface area (Å²) in [7, 11) is 1.60. The van der Waals surface area contributed by atoms with Crippen LogP contribution in [0.5, 0.6) is 0 Å². The van der Waals surface area contributed by atoms with Crippen molar-refractivity contribution in [3.63, 3.8) is 0 Å². The van der Waals surface area contributed by atoms with E-state index < -0.39 is 0 Å². The number of rotatable bonds is 6. The molecule has 1 aromatic heterocycles. The number of amidine groups is 1. The molecule has 0 aliphatic rings. The monoisotopic (exact) mass is 280 g/mol. The summed E-state index contributed by atoms with van der Waals surface area (Å²) in [5, 5.41) is 11.5. The molecule has 1 unspecified atom stereocenters. The van der Waals surface area contributed by atoms with Gasteiger partial charge in [-0.25, -0.2) is 0 Å². The second-order valence-electron chi connectivity index (χ2n) is 4.31. The van der Waals surface area contributed by atoms with Gasteiger partial charge in [-0.05, 0) is 26.0 Å². The fourth-order valence-corrected chi connectivity index (χ4v) is 1.86. The zero-order chi connectivity index (χ0) is 15.1. The molecule has 1 amide bonds. The van der Waals surface area contributed by atoms with Crippen LogP contribution in [0.1, 0.15) is 29.9 Å². The minimum Gasteiger partial charge on any atom is -0.409 e. The number of methoxy groups -OCH3 is 1. The van der Waals surface area contributed by atoms with E-state index in [2.05, 4.69) is 10.1 Å². The van der Waals surface area contributed by atoms with E-state index in [4.69, 9.17) is 15.7 Å². The fraction of sp³-hybridized carbons (Fsp3) is 0.462. The first kappa shape index (κ1) is 15.9. The minimum absolute atomic E-state index is 0.0388. The quantitative estimate of drug-likeness (QED) is 0.345. The van der Waals surface area contributed by atoms with Gasteiger partial charge in [0.1, 0.15) is 5.69 Å². The first-order valence-electron chi connectivity index (χ1n) is 6.29. The molecule has 1 heterocycles. The second-order valence-corrected chi connectivity index (χ2v) is 4.31. The highest BCUT2D eigenvalue weighted by Crippen LogP contribution is 2.08. The van der Waals surface area contributed by atoms with E-state index in [0.29, 0.717) is 24.4 Å². The number of nitrogens with two attached hydrogens (primary N) is 1. The van der Waals surface area contributed by atoms with Gasteiger partial charge in [0.25, 0.3) is 5.91 Å². The SMILES string of the molecule is CCN(C(=O)c1ccc(C(N)=NO)cn1)C(C)COC. The van der Waals surface area contributed by atoms with Crippen LogP contribution in [0.15, 0.2) is 23.5 Å². The lowest BCUT2D eigenvalue weighted by Gasteiger charge is -2.27. The smallest absolute Gasteiger partial charge is 0.272 e. The molecule has 0 saturated carbocycles. The van der Waals surface area contributed by atoms with E-state index in [0.717, 1.165) is 0 Å². The van der Waals surface area contributed by atoms with Crippen molar-refractivity contribution >= 4 is 11.7 Å². The van der Waals surface area contributed by atoms with Crippen molar-refractivity contribution in [2.24, 2.45) is 10.9 Å². The van der Waals surface area contributed by atoms with Gasteiger partial charge in [0.15, 0.2) is 5.84 Å². The van der Waals surface area contributed by atoms with Crippen LogP contribution in [0, 0.1) is 0 Å². The summed E-state index contributed by atoms with van der Waals surface area (Å²) in [4.78, 5) is 18.1. The molecule has 3 N–H and O–H groups in total. The lowest BCUT2D eigenvalue weighted by Crippen LogP contribution is -2.41. The number of hydrogen-bond acceptors (Lipinski definition) is 5. The molecule has 1 rings (SSSR count). The first-order chi connectivity index (χ1) is 9.54. The summed E-state index contributed by atoms with van der Waals surface area (Å²) in [6.45, 7) is 4.83. The number of carbonyl (C=O) groups excluding carboxylic acids is 1. The van der Waals surface area contributed by atoms with Crippen molar-refractivity contribution in [1.29, 1.82) is 0 Å². The normalized spacial score (nSPS) is 13.1. The largest absolute Gasteiger partial charge is 0.409 e. The summed E-state index contributed by atoms with van der Waals surface area (Å²) in [6.07, 6.45) is 1.40. The van der Waals surface area contributed by atoms with Crippen LogP contribution in [0.2, 0.25) is 0 Å². The topological polar surface area (TPSA) is 101 Å². The second kappa shape index (κ2) is 7.44. The van der Waals surface area contributed by atoms with E-state index in [-0.39, 0.29) is 17.8 Å². The zero-order valence-corrected chi connectivity index (χ0v) is 11.9. The van der Waals surface area contributed by atoms with Crippen LogP contribution in [0.3, 0.4) is 0 Å². The third kappa shape index (κ3) is 3.67. The van der Waals surface area contributed by atoms with E-state index in [9.17, 15) is 4.79 Å². The molecular weight excluding hydrogens is 260 g/mol. The molecule has 7 nitrogen and oxygen atoms in total. The van der Waals surface area contributed by atoms with Gasteiger partial charge in [-0.3, -0.25) is 9.78 Å². The molecule has 0 saturated heterocycles. The number of likely N-dealkylation sites (N-methyl/N-ethyl adjacent to an activating group) is 1. The predicted molar refractivity (Wildman–Crippen MR) is 74.8 cm³/mol. The Morgan fingerprint density at radius 2 is 2.30 bits per heavy atom. The fourth-order valence-electron chi connectivity index (χ4n) is 1.86. The van der Waals surface area contributed by atoms with Crippen LogP contribution in [-0.4, -0.2) is 53.1 Å². The Morgan fingerprint density at radius 1 is 1.60 bits per heavy atom. The van der Waals surface area contributed by atoms with Crippen molar-refractivity contribution in [2.75, 3.05) is 20.3 Å². The van der Waals surface area contributed by atoms with E-state index in [1.54, 1.807) is 24.1 Å². The molecule has 7 heteroatoms. The van der Waals surface area contributed by atoms with Gasteiger partial charge in [0.2, 0.25) is 0 Å². The molecule has 0 radical (unpaired) electrons. The summed E-state index contributed by atoms with van der Waals surface area (Å²) < 4.78 is 5.06. The Hall–Kier alpha value is -2.15.